The van der Waals surface area contributed by atoms with E-state index in [2.05, 4.69) is 40.0 Å². The predicted molar refractivity (Wildman–Crippen MR) is 145 cm³/mol. The van der Waals surface area contributed by atoms with E-state index < -0.39 is 4.92 Å². The van der Waals surface area contributed by atoms with Gasteiger partial charge in [0.25, 0.3) is 11.6 Å². The smallest absolute Gasteiger partial charge is 0.270 e. The van der Waals surface area contributed by atoms with Crippen molar-refractivity contribution in [2.24, 2.45) is 0 Å². The molecule has 0 bridgehead atoms. The minimum Gasteiger partial charge on any atom is -0.348 e. The lowest BCUT2D eigenvalue weighted by atomic mass is 9.97. The number of carbonyl (C=O) groups is 3. The van der Waals surface area contributed by atoms with Gasteiger partial charge in [0.15, 0.2) is 0 Å². The number of rotatable bonds is 6. The molecule has 0 spiro atoms. The second-order valence-corrected chi connectivity index (χ2v) is 10.6. The van der Waals surface area contributed by atoms with Gasteiger partial charge in [-0.15, -0.1) is 0 Å². The molecule has 10 nitrogen and oxygen atoms in total. The Kier molecular flexibility index (Phi) is 6.78. The number of hydrogen-bond acceptors (Lipinski definition) is 5. The fraction of sp³-hybridized carbons (Fsp3) is 0.296. The van der Waals surface area contributed by atoms with Crippen LogP contribution in [0.25, 0.3) is 10.9 Å². The first-order chi connectivity index (χ1) is 18.1. The first-order valence-corrected chi connectivity index (χ1v) is 13.0. The van der Waals surface area contributed by atoms with E-state index in [0.717, 1.165) is 15.6 Å². The lowest BCUT2D eigenvalue weighted by Crippen LogP contribution is -2.61. The number of nitro groups is 1. The molecule has 2 aliphatic heterocycles. The van der Waals surface area contributed by atoms with Crippen LogP contribution in [-0.2, 0) is 29.1 Å². The molecule has 196 valence electrons. The van der Waals surface area contributed by atoms with Gasteiger partial charge in [-0.1, -0.05) is 28.6 Å². The van der Waals surface area contributed by atoms with Crippen LogP contribution in [0, 0.1) is 17.0 Å². The van der Waals surface area contributed by atoms with Crippen molar-refractivity contribution in [2.45, 2.75) is 32.5 Å². The molecule has 0 atom stereocenters. The topological polar surface area (TPSA) is 118 Å². The number of amides is 3. The molecule has 1 fully saturated rings. The molecule has 2 aliphatic rings. The standard InChI is InChI=1S/C27H26BrN5O5/c1-3-26(35)32-12-18(13-32)29-25(34)15-31-14-22(21-10-19(33(37)38)4-5-24(21)31)27(36)30-7-6-20-17(11-30)8-16(2)9-23(20)28/h3-5,8-10,14,18H,1,6-7,11-13,15H2,2H3,(H,29,34). The molecule has 0 saturated carbocycles. The first kappa shape index (κ1) is 25.7. The van der Waals surface area contributed by atoms with Gasteiger partial charge in [-0.2, -0.15) is 0 Å². The number of carbonyl (C=O) groups excluding carboxylic acids is 3. The van der Waals surface area contributed by atoms with Crippen LogP contribution in [0.2, 0.25) is 0 Å². The summed E-state index contributed by atoms with van der Waals surface area (Å²) in [5.41, 5.74) is 4.08. The van der Waals surface area contributed by atoms with Gasteiger partial charge >= 0.3 is 0 Å². The minimum absolute atomic E-state index is 0.0670. The molecule has 1 saturated heterocycles. The maximum Gasteiger partial charge on any atom is 0.270 e. The second-order valence-electron chi connectivity index (χ2n) is 9.70. The van der Waals surface area contributed by atoms with Crippen molar-refractivity contribution >= 4 is 50.2 Å². The maximum atomic E-state index is 13.7. The van der Waals surface area contributed by atoms with Gasteiger partial charge in [0, 0.05) is 59.9 Å². The summed E-state index contributed by atoms with van der Waals surface area (Å²) in [6, 6.07) is 8.30. The number of aryl methyl sites for hydroxylation is 1. The van der Waals surface area contributed by atoms with Gasteiger partial charge in [-0.05, 0) is 48.2 Å². The highest BCUT2D eigenvalue weighted by Gasteiger charge is 2.31. The molecule has 2 aromatic carbocycles. The van der Waals surface area contributed by atoms with Crippen LogP contribution < -0.4 is 5.32 Å². The average Bonchev–Trinajstić information content (AvgIpc) is 3.21. The molecule has 3 aromatic rings. The van der Waals surface area contributed by atoms with Gasteiger partial charge in [-0.3, -0.25) is 24.5 Å². The lowest BCUT2D eigenvalue weighted by molar-refractivity contribution is -0.384. The van der Waals surface area contributed by atoms with E-state index in [0.29, 0.717) is 49.1 Å². The Hall–Kier alpha value is -3.99. The zero-order valence-corrected chi connectivity index (χ0v) is 22.4. The second kappa shape index (κ2) is 10.1. The van der Waals surface area contributed by atoms with E-state index in [9.17, 15) is 24.5 Å². The SMILES string of the molecule is C=CC(=O)N1CC(NC(=O)Cn2cc(C(=O)N3CCc4c(Br)cc(C)cc4C3)c3cc([N+](=O)[O-])ccc32)C1. The number of nitro benzene ring substituents is 1. The summed E-state index contributed by atoms with van der Waals surface area (Å²) in [6.45, 7) is 7.15. The van der Waals surface area contributed by atoms with Crippen molar-refractivity contribution in [1.82, 2.24) is 19.7 Å². The molecule has 3 amide bonds. The molecule has 0 radical (unpaired) electrons. The van der Waals surface area contributed by atoms with Crippen LogP contribution >= 0.6 is 15.9 Å². The first-order valence-electron chi connectivity index (χ1n) is 12.2. The van der Waals surface area contributed by atoms with E-state index in [1.165, 1.54) is 23.8 Å². The number of nitrogens with one attached hydrogen (secondary N) is 1. The van der Waals surface area contributed by atoms with Gasteiger partial charge < -0.3 is 19.7 Å². The highest BCUT2D eigenvalue weighted by molar-refractivity contribution is 9.10. The van der Waals surface area contributed by atoms with E-state index in [1.54, 1.807) is 26.6 Å². The van der Waals surface area contributed by atoms with Gasteiger partial charge in [0.2, 0.25) is 11.8 Å². The zero-order valence-electron chi connectivity index (χ0n) is 20.8. The Morgan fingerprint density at radius 2 is 1.97 bits per heavy atom. The van der Waals surface area contributed by atoms with E-state index >= 15 is 0 Å². The maximum absolute atomic E-state index is 13.7. The van der Waals surface area contributed by atoms with Gasteiger partial charge in [0.05, 0.1) is 16.5 Å². The monoisotopic (exact) mass is 579 g/mol. The summed E-state index contributed by atoms with van der Waals surface area (Å²) in [5, 5.41) is 14.8. The third-order valence-electron chi connectivity index (χ3n) is 7.07. The van der Waals surface area contributed by atoms with Crippen LogP contribution in [0.4, 0.5) is 5.69 Å². The molecule has 0 aliphatic carbocycles. The normalized spacial score (nSPS) is 15.1. The molecule has 1 aromatic heterocycles. The van der Waals surface area contributed by atoms with E-state index in [1.807, 2.05) is 6.92 Å². The van der Waals surface area contributed by atoms with Crippen LogP contribution in [0.1, 0.15) is 27.0 Å². The summed E-state index contributed by atoms with van der Waals surface area (Å²) in [5.74, 6) is -0.697. The molecule has 1 N–H and O–H groups in total. The fourth-order valence-electron chi connectivity index (χ4n) is 5.15. The summed E-state index contributed by atoms with van der Waals surface area (Å²) < 4.78 is 2.67. The highest BCUT2D eigenvalue weighted by Crippen LogP contribution is 2.31. The quantitative estimate of drug-likeness (QED) is 0.273. The predicted octanol–water partition coefficient (Wildman–Crippen LogP) is 3.33. The Bertz CT molecular complexity index is 1510. The Labute approximate surface area is 227 Å². The highest BCUT2D eigenvalue weighted by atomic mass is 79.9. The van der Waals surface area contributed by atoms with Crippen LogP contribution in [0.3, 0.4) is 0 Å². The third-order valence-corrected chi connectivity index (χ3v) is 7.77. The molecular weight excluding hydrogens is 554 g/mol. The number of benzene rings is 2. The Balaban J connectivity index is 1.40. The molecule has 5 rings (SSSR count). The van der Waals surface area contributed by atoms with Gasteiger partial charge in [-0.25, -0.2) is 0 Å². The summed E-state index contributed by atoms with van der Waals surface area (Å²) >= 11 is 3.62. The van der Waals surface area contributed by atoms with Gasteiger partial charge in [0.1, 0.15) is 6.54 Å². The number of likely N-dealkylation sites (tertiary alicyclic amines) is 1. The van der Waals surface area contributed by atoms with Crippen LogP contribution in [0.5, 0.6) is 0 Å². The number of nitrogens with zero attached hydrogens (tertiary/aromatic N) is 4. The molecule has 3 heterocycles. The fourth-order valence-corrected chi connectivity index (χ4v) is 5.96. The van der Waals surface area contributed by atoms with Crippen molar-refractivity contribution in [1.29, 1.82) is 0 Å². The largest absolute Gasteiger partial charge is 0.348 e. The Morgan fingerprint density at radius 1 is 1.21 bits per heavy atom. The molecular formula is C27H26BrN5O5. The zero-order chi connectivity index (χ0) is 27.1. The molecule has 11 heteroatoms. The minimum atomic E-state index is -0.498. The summed E-state index contributed by atoms with van der Waals surface area (Å²) in [6.07, 6.45) is 3.53. The van der Waals surface area contributed by atoms with Crippen molar-refractivity contribution in [3.63, 3.8) is 0 Å². The lowest BCUT2D eigenvalue weighted by Gasteiger charge is -2.38. The number of halogens is 1. The number of non-ortho nitro benzene ring substituents is 1. The van der Waals surface area contributed by atoms with Crippen molar-refractivity contribution in [3.05, 3.63) is 86.0 Å². The molecule has 0 unspecified atom stereocenters. The third kappa shape index (κ3) is 4.81. The number of fused-ring (bicyclic) bond motifs is 2. The van der Waals surface area contributed by atoms with Crippen LogP contribution in [-0.4, -0.2) is 62.7 Å². The Morgan fingerprint density at radius 3 is 2.68 bits per heavy atom. The number of aromatic nitrogens is 1. The van der Waals surface area contributed by atoms with Crippen molar-refractivity contribution in [2.75, 3.05) is 19.6 Å². The molecule has 38 heavy (non-hydrogen) atoms. The average molecular weight is 580 g/mol. The number of hydrogen-bond donors (Lipinski definition) is 1. The summed E-state index contributed by atoms with van der Waals surface area (Å²) in [4.78, 5) is 52.5. The van der Waals surface area contributed by atoms with Crippen molar-refractivity contribution in [3.8, 4) is 0 Å². The van der Waals surface area contributed by atoms with Crippen LogP contribution in [0.15, 0.2) is 53.7 Å². The summed E-state index contributed by atoms with van der Waals surface area (Å²) in [7, 11) is 0. The van der Waals surface area contributed by atoms with E-state index in [-0.39, 0.29) is 36.0 Å². The van der Waals surface area contributed by atoms with Crippen molar-refractivity contribution < 1.29 is 19.3 Å². The van der Waals surface area contributed by atoms with E-state index in [4.69, 9.17) is 0 Å².